The molecule has 2 saturated carbocycles. The second-order valence-corrected chi connectivity index (χ2v) is 19.4. The molecule has 1 heteroatoms. The zero-order chi connectivity index (χ0) is 34.4. The highest BCUT2D eigenvalue weighted by molar-refractivity contribution is 6.35. The monoisotopic (exact) mass is 685 g/mol. The van der Waals surface area contributed by atoms with Crippen molar-refractivity contribution in [1.29, 1.82) is 0 Å². The molecule has 276 valence electrons. The van der Waals surface area contributed by atoms with E-state index in [1.54, 1.807) is 37.8 Å². The van der Waals surface area contributed by atoms with E-state index in [9.17, 15) is 0 Å². The maximum absolute atomic E-state index is 2.45. The first-order chi connectivity index (χ1) is 24.1. The molecule has 4 rings (SSSR count). The first kappa shape index (κ1) is 40.4. The quantitative estimate of drug-likeness (QED) is 0.0721. The van der Waals surface area contributed by atoms with Gasteiger partial charge in [0.2, 0.25) is 0 Å². The lowest BCUT2D eigenvalue weighted by Crippen LogP contribution is -2.26. The molecule has 1 atom stereocenters. The van der Waals surface area contributed by atoms with Crippen molar-refractivity contribution in [3.8, 4) is 11.1 Å². The van der Waals surface area contributed by atoms with Crippen LogP contribution in [0.2, 0.25) is 12.1 Å². The minimum Gasteiger partial charge on any atom is -0.0654 e. The average Bonchev–Trinajstić information content (AvgIpc) is 3.14. The zero-order valence-electron chi connectivity index (χ0n) is 33.0. The van der Waals surface area contributed by atoms with Crippen molar-refractivity contribution in [3.05, 3.63) is 59.7 Å². The van der Waals surface area contributed by atoms with Gasteiger partial charge in [-0.05, 0) is 103 Å². The molecule has 1 unspecified atom stereocenters. The van der Waals surface area contributed by atoms with Crippen molar-refractivity contribution < 1.29 is 0 Å². The molecule has 0 spiro atoms. The van der Waals surface area contributed by atoms with E-state index in [1.807, 2.05) is 0 Å². The summed E-state index contributed by atoms with van der Waals surface area (Å²) in [5.74, 6) is 5.07. The molecule has 2 aromatic rings. The SMILES string of the molecule is CCCC[SiH2]CCCCCc1ccc(-c2ccc(CCC3CCC([C@H]4CC[C@H](CCCCCCCCC(C)CCC)CC4)CC3)cc2)cc1. The number of hydrogen-bond donors (Lipinski definition) is 0. The number of aryl methyl sites for hydroxylation is 2. The van der Waals surface area contributed by atoms with Gasteiger partial charge in [0, 0.05) is 9.52 Å². The molecular formula is C48H80Si. The number of benzene rings is 2. The van der Waals surface area contributed by atoms with Crippen molar-refractivity contribution in [2.45, 2.75) is 200 Å². The van der Waals surface area contributed by atoms with Crippen LogP contribution in [0.4, 0.5) is 0 Å². The first-order valence-corrected chi connectivity index (χ1v) is 24.3. The highest BCUT2D eigenvalue weighted by Gasteiger charge is 2.30. The average molecular weight is 685 g/mol. The van der Waals surface area contributed by atoms with Crippen LogP contribution in [0, 0.1) is 29.6 Å². The molecule has 0 heterocycles. The number of unbranched alkanes of at least 4 members (excludes halogenated alkanes) is 8. The Balaban J connectivity index is 1.02. The van der Waals surface area contributed by atoms with Gasteiger partial charge in [0.15, 0.2) is 0 Å². The third-order valence-corrected chi connectivity index (χ3v) is 15.2. The summed E-state index contributed by atoms with van der Waals surface area (Å²) in [6, 6.07) is 22.2. The van der Waals surface area contributed by atoms with Gasteiger partial charge in [0.1, 0.15) is 0 Å². The molecule has 2 aliphatic rings. The van der Waals surface area contributed by atoms with E-state index < -0.39 is 0 Å². The third-order valence-electron chi connectivity index (χ3n) is 13.2. The topological polar surface area (TPSA) is 0 Å². The third kappa shape index (κ3) is 16.3. The van der Waals surface area contributed by atoms with Gasteiger partial charge in [-0.15, -0.1) is 0 Å². The summed E-state index contributed by atoms with van der Waals surface area (Å²) < 4.78 is 0. The molecule has 2 aliphatic carbocycles. The Bertz CT molecular complexity index is 1050. The Morgan fingerprint density at radius 3 is 1.59 bits per heavy atom. The highest BCUT2D eigenvalue weighted by atomic mass is 28.2. The fraction of sp³-hybridized carbons (Fsp3) is 0.750. The Morgan fingerprint density at radius 1 is 0.490 bits per heavy atom. The molecule has 0 amide bonds. The van der Waals surface area contributed by atoms with Crippen LogP contribution in [0.3, 0.4) is 0 Å². The normalized spacial score (nSPS) is 22.2. The van der Waals surface area contributed by atoms with Gasteiger partial charge in [-0.25, -0.2) is 0 Å². The largest absolute Gasteiger partial charge is 0.0654 e. The van der Waals surface area contributed by atoms with Crippen LogP contribution in [-0.2, 0) is 12.8 Å². The molecule has 2 fully saturated rings. The Morgan fingerprint density at radius 2 is 1.00 bits per heavy atom. The van der Waals surface area contributed by atoms with Crippen LogP contribution in [-0.4, -0.2) is 9.52 Å². The van der Waals surface area contributed by atoms with E-state index in [0.29, 0.717) is 0 Å². The fourth-order valence-corrected chi connectivity index (χ4v) is 11.6. The van der Waals surface area contributed by atoms with Crippen LogP contribution in [0.15, 0.2) is 48.5 Å². The summed E-state index contributed by atoms with van der Waals surface area (Å²) in [7, 11) is 0.248. The number of hydrogen-bond acceptors (Lipinski definition) is 0. The van der Waals surface area contributed by atoms with Gasteiger partial charge in [-0.3, -0.25) is 0 Å². The minimum atomic E-state index is 0.248. The lowest BCUT2D eigenvalue weighted by Gasteiger charge is -2.38. The van der Waals surface area contributed by atoms with Crippen LogP contribution in [0.25, 0.3) is 11.1 Å². The Hall–Kier alpha value is -1.34. The molecule has 0 radical (unpaired) electrons. The molecule has 0 aliphatic heterocycles. The predicted octanol–water partition coefficient (Wildman–Crippen LogP) is 15.0. The maximum Gasteiger partial charge on any atom is 0.0197 e. The molecule has 49 heavy (non-hydrogen) atoms. The molecule has 0 saturated heterocycles. The molecule has 0 aromatic heterocycles. The minimum absolute atomic E-state index is 0.248. The highest BCUT2D eigenvalue weighted by Crippen LogP contribution is 2.43. The smallest absolute Gasteiger partial charge is 0.0197 e. The van der Waals surface area contributed by atoms with Gasteiger partial charge >= 0.3 is 0 Å². The lowest BCUT2D eigenvalue weighted by atomic mass is 9.68. The van der Waals surface area contributed by atoms with Gasteiger partial charge in [0.05, 0.1) is 0 Å². The van der Waals surface area contributed by atoms with Crippen LogP contribution in [0.1, 0.15) is 186 Å². The summed E-state index contributed by atoms with van der Waals surface area (Å²) in [5, 5.41) is 0. The molecule has 0 nitrogen and oxygen atoms in total. The maximum atomic E-state index is 2.45. The van der Waals surface area contributed by atoms with Crippen LogP contribution >= 0.6 is 0 Å². The van der Waals surface area contributed by atoms with E-state index in [4.69, 9.17) is 0 Å². The molecular weight excluding hydrogens is 605 g/mol. The second kappa shape index (κ2) is 24.8. The summed E-state index contributed by atoms with van der Waals surface area (Å²) in [5.41, 5.74) is 5.80. The van der Waals surface area contributed by atoms with E-state index in [-0.39, 0.29) is 9.52 Å². The summed E-state index contributed by atoms with van der Waals surface area (Å²) in [4.78, 5) is 0. The predicted molar refractivity (Wildman–Crippen MR) is 223 cm³/mol. The van der Waals surface area contributed by atoms with E-state index in [2.05, 4.69) is 69.3 Å². The first-order valence-electron chi connectivity index (χ1n) is 22.3. The second-order valence-electron chi connectivity index (χ2n) is 17.3. The standard InChI is InChI=1S/C48H80Si/c1-4-6-38-49-39-15-11-14-19-42-24-32-46(33-25-42)48-36-28-44(29-37-48)21-20-43-26-34-47(35-27-43)45-30-22-41(23-31-45)18-13-10-8-7-9-12-17-40(3)16-5-2/h24-25,28-29,32-33,36-37,40-41,43,45,47H,4-23,26-27,30-31,34-35,38-39,49H2,1-3H3/t40?,41-,43?,45-,47?. The van der Waals surface area contributed by atoms with Crippen molar-refractivity contribution in [3.63, 3.8) is 0 Å². The summed E-state index contributed by atoms with van der Waals surface area (Å²) in [6.07, 6.45) is 37.9. The molecule has 2 aromatic carbocycles. The molecule has 0 N–H and O–H groups in total. The zero-order valence-corrected chi connectivity index (χ0v) is 34.4. The van der Waals surface area contributed by atoms with Crippen molar-refractivity contribution >= 4 is 9.52 Å². The van der Waals surface area contributed by atoms with E-state index in [0.717, 1.165) is 29.6 Å². The fourth-order valence-electron chi connectivity index (χ4n) is 9.73. The van der Waals surface area contributed by atoms with Gasteiger partial charge < -0.3 is 0 Å². The molecule has 0 bridgehead atoms. The summed E-state index contributed by atoms with van der Waals surface area (Å²) in [6.45, 7) is 7.10. The Labute approximate surface area is 308 Å². The van der Waals surface area contributed by atoms with E-state index >= 15 is 0 Å². The van der Waals surface area contributed by atoms with Gasteiger partial charge in [-0.2, -0.15) is 0 Å². The van der Waals surface area contributed by atoms with Gasteiger partial charge in [0.25, 0.3) is 0 Å². The summed E-state index contributed by atoms with van der Waals surface area (Å²) >= 11 is 0. The van der Waals surface area contributed by atoms with Crippen molar-refractivity contribution in [2.75, 3.05) is 0 Å². The van der Waals surface area contributed by atoms with Crippen molar-refractivity contribution in [1.82, 2.24) is 0 Å². The van der Waals surface area contributed by atoms with Gasteiger partial charge in [-0.1, -0.05) is 197 Å². The van der Waals surface area contributed by atoms with Crippen molar-refractivity contribution in [2.24, 2.45) is 29.6 Å². The van der Waals surface area contributed by atoms with Crippen LogP contribution < -0.4 is 0 Å². The number of rotatable bonds is 25. The van der Waals surface area contributed by atoms with Crippen LogP contribution in [0.5, 0.6) is 0 Å². The van der Waals surface area contributed by atoms with E-state index in [1.165, 1.54) is 164 Å². The Kier molecular flexibility index (Phi) is 20.4. The lowest BCUT2D eigenvalue weighted by molar-refractivity contribution is 0.140.